The molecule has 0 amide bonds. The van der Waals surface area contributed by atoms with Crippen LogP contribution in [0, 0.1) is 11.3 Å². The molecular weight excluding hydrogens is 158 g/mol. The van der Waals surface area contributed by atoms with E-state index in [-0.39, 0.29) is 11.7 Å². The van der Waals surface area contributed by atoms with Crippen molar-refractivity contribution >= 4 is 5.97 Å². The number of carbonyl (C=O) groups is 1. The van der Waals surface area contributed by atoms with E-state index in [0.29, 0.717) is 6.42 Å². The monoisotopic (exact) mass is 169 g/mol. The molecule has 4 heteroatoms. The lowest BCUT2D eigenvalue weighted by Gasteiger charge is -2.04. The van der Waals surface area contributed by atoms with E-state index in [0.717, 1.165) is 0 Å². The molecule has 4 nitrogen and oxygen atoms in total. The van der Waals surface area contributed by atoms with Gasteiger partial charge in [0.2, 0.25) is 0 Å². The van der Waals surface area contributed by atoms with Gasteiger partial charge in [0.15, 0.2) is 0 Å². The van der Waals surface area contributed by atoms with Crippen molar-refractivity contribution in [3.63, 3.8) is 0 Å². The normalized spacial score (nSPS) is 13.6. The van der Waals surface area contributed by atoms with Crippen molar-refractivity contribution in [2.45, 2.75) is 19.4 Å². The van der Waals surface area contributed by atoms with Crippen molar-refractivity contribution in [2.24, 2.45) is 0 Å². The second-order valence-corrected chi connectivity index (χ2v) is 2.32. The molecule has 1 atom stereocenters. The molecular formula is C8H11NO3. The first-order valence-corrected chi connectivity index (χ1v) is 3.48. The van der Waals surface area contributed by atoms with Gasteiger partial charge in [-0.15, -0.1) is 0 Å². The fraction of sp³-hybridized carbons (Fsp3) is 0.500. The molecule has 0 aromatic heterocycles. The maximum atomic E-state index is 10.3. The van der Waals surface area contributed by atoms with Crippen LogP contribution in [0.15, 0.2) is 11.6 Å². The molecule has 0 aromatic carbocycles. The van der Waals surface area contributed by atoms with Crippen molar-refractivity contribution < 1.29 is 14.6 Å². The average Bonchev–Trinajstić information content (AvgIpc) is 2.04. The average molecular weight is 169 g/mol. The SMILES string of the molecule is COC(C)CC=C(C#N)C(=O)O. The third-order valence-corrected chi connectivity index (χ3v) is 1.41. The zero-order valence-corrected chi connectivity index (χ0v) is 7.07. The van der Waals surface area contributed by atoms with Crippen LogP contribution < -0.4 is 0 Å². The summed E-state index contributed by atoms with van der Waals surface area (Å²) in [6.07, 6.45) is 1.73. The summed E-state index contributed by atoms with van der Waals surface area (Å²) in [5.41, 5.74) is -0.237. The van der Waals surface area contributed by atoms with E-state index in [1.54, 1.807) is 13.0 Å². The number of nitriles is 1. The van der Waals surface area contributed by atoms with Crippen LogP contribution in [0.25, 0.3) is 0 Å². The van der Waals surface area contributed by atoms with Gasteiger partial charge in [0.1, 0.15) is 11.6 Å². The molecule has 0 aromatic rings. The summed E-state index contributed by atoms with van der Waals surface area (Å²) in [5, 5.41) is 16.8. The van der Waals surface area contributed by atoms with Crippen LogP contribution in [0.1, 0.15) is 13.3 Å². The van der Waals surface area contributed by atoms with Gasteiger partial charge in [-0.1, -0.05) is 6.08 Å². The summed E-state index contributed by atoms with van der Waals surface area (Å²) in [7, 11) is 1.53. The highest BCUT2D eigenvalue weighted by molar-refractivity contribution is 5.90. The Bertz CT molecular complexity index is 227. The Labute approximate surface area is 71.1 Å². The summed E-state index contributed by atoms with van der Waals surface area (Å²) < 4.78 is 4.88. The Balaban J connectivity index is 4.15. The van der Waals surface area contributed by atoms with Gasteiger partial charge in [0.25, 0.3) is 0 Å². The standard InChI is InChI=1S/C8H11NO3/c1-6(12-2)3-4-7(5-9)8(10)11/h4,6H,3H2,1-2H3,(H,10,11). The Hall–Kier alpha value is -1.34. The summed E-state index contributed by atoms with van der Waals surface area (Å²) >= 11 is 0. The molecule has 0 rings (SSSR count). The Kier molecular flexibility index (Phi) is 4.73. The van der Waals surface area contributed by atoms with Crippen LogP contribution in [0.4, 0.5) is 0 Å². The number of ether oxygens (including phenoxy) is 1. The van der Waals surface area contributed by atoms with E-state index in [1.165, 1.54) is 13.2 Å². The van der Waals surface area contributed by atoms with Crippen molar-refractivity contribution in [3.05, 3.63) is 11.6 Å². The van der Waals surface area contributed by atoms with Crippen LogP contribution in [0.2, 0.25) is 0 Å². The van der Waals surface area contributed by atoms with Crippen molar-refractivity contribution in [1.29, 1.82) is 5.26 Å². The Morgan fingerprint density at radius 2 is 2.42 bits per heavy atom. The minimum atomic E-state index is -1.19. The number of hydrogen-bond acceptors (Lipinski definition) is 3. The third kappa shape index (κ3) is 3.74. The summed E-state index contributed by atoms with van der Waals surface area (Å²) in [6, 6.07) is 1.59. The van der Waals surface area contributed by atoms with E-state index >= 15 is 0 Å². The molecule has 1 N–H and O–H groups in total. The predicted molar refractivity (Wildman–Crippen MR) is 42.4 cm³/mol. The lowest BCUT2D eigenvalue weighted by Crippen LogP contribution is -2.04. The van der Waals surface area contributed by atoms with E-state index in [4.69, 9.17) is 15.1 Å². The molecule has 0 heterocycles. The number of nitrogens with zero attached hydrogens (tertiary/aromatic N) is 1. The maximum Gasteiger partial charge on any atom is 0.346 e. The Morgan fingerprint density at radius 3 is 2.75 bits per heavy atom. The van der Waals surface area contributed by atoms with Gasteiger partial charge in [0.05, 0.1) is 6.10 Å². The molecule has 0 saturated heterocycles. The van der Waals surface area contributed by atoms with Crippen LogP contribution in [0.5, 0.6) is 0 Å². The fourth-order valence-corrected chi connectivity index (χ4v) is 0.561. The van der Waals surface area contributed by atoms with Crippen LogP contribution in [0.3, 0.4) is 0 Å². The highest BCUT2D eigenvalue weighted by atomic mass is 16.5. The zero-order chi connectivity index (χ0) is 9.56. The van der Waals surface area contributed by atoms with Crippen LogP contribution in [-0.4, -0.2) is 24.3 Å². The van der Waals surface area contributed by atoms with E-state index in [1.807, 2.05) is 0 Å². The van der Waals surface area contributed by atoms with Crippen LogP contribution >= 0.6 is 0 Å². The molecule has 0 bridgehead atoms. The van der Waals surface area contributed by atoms with Crippen LogP contribution in [-0.2, 0) is 9.53 Å². The number of hydrogen-bond donors (Lipinski definition) is 1. The van der Waals surface area contributed by atoms with Crippen molar-refractivity contribution in [2.75, 3.05) is 7.11 Å². The summed E-state index contributed by atoms with van der Waals surface area (Å²) in [4.78, 5) is 10.3. The maximum absolute atomic E-state index is 10.3. The highest BCUT2D eigenvalue weighted by Gasteiger charge is 2.05. The number of aliphatic carboxylic acids is 1. The van der Waals surface area contributed by atoms with E-state index in [9.17, 15) is 4.79 Å². The smallest absolute Gasteiger partial charge is 0.346 e. The number of carboxylic acid groups (broad SMARTS) is 1. The lowest BCUT2D eigenvalue weighted by molar-refractivity contribution is -0.132. The molecule has 0 aliphatic carbocycles. The number of rotatable bonds is 4. The van der Waals surface area contributed by atoms with Gasteiger partial charge in [-0.25, -0.2) is 4.79 Å². The molecule has 66 valence electrons. The van der Waals surface area contributed by atoms with Crippen molar-refractivity contribution in [3.8, 4) is 6.07 Å². The van der Waals surface area contributed by atoms with Gasteiger partial charge in [-0.3, -0.25) is 0 Å². The molecule has 1 unspecified atom stereocenters. The van der Waals surface area contributed by atoms with E-state index in [2.05, 4.69) is 0 Å². The van der Waals surface area contributed by atoms with Gasteiger partial charge in [-0.05, 0) is 13.3 Å². The largest absolute Gasteiger partial charge is 0.477 e. The lowest BCUT2D eigenvalue weighted by atomic mass is 10.2. The molecule has 0 fully saturated rings. The number of carboxylic acids is 1. The molecule has 0 aliphatic heterocycles. The van der Waals surface area contributed by atoms with Gasteiger partial charge in [0, 0.05) is 7.11 Å². The Morgan fingerprint density at radius 1 is 1.83 bits per heavy atom. The summed E-state index contributed by atoms with van der Waals surface area (Å²) in [5.74, 6) is -1.19. The zero-order valence-electron chi connectivity index (χ0n) is 7.07. The number of methoxy groups -OCH3 is 1. The predicted octanol–water partition coefficient (Wildman–Crippen LogP) is 0.946. The van der Waals surface area contributed by atoms with Gasteiger partial charge >= 0.3 is 5.97 Å². The quantitative estimate of drug-likeness (QED) is 0.502. The first kappa shape index (κ1) is 10.7. The minimum Gasteiger partial charge on any atom is -0.477 e. The van der Waals surface area contributed by atoms with Gasteiger partial charge < -0.3 is 9.84 Å². The minimum absolute atomic E-state index is 0.0623. The molecule has 0 aliphatic rings. The fourth-order valence-electron chi connectivity index (χ4n) is 0.561. The van der Waals surface area contributed by atoms with Crippen molar-refractivity contribution in [1.82, 2.24) is 0 Å². The first-order chi connectivity index (χ1) is 5.61. The molecule has 12 heavy (non-hydrogen) atoms. The topological polar surface area (TPSA) is 70.3 Å². The first-order valence-electron chi connectivity index (χ1n) is 3.48. The summed E-state index contributed by atoms with van der Waals surface area (Å²) in [6.45, 7) is 1.80. The second-order valence-electron chi connectivity index (χ2n) is 2.32. The molecule has 0 spiro atoms. The third-order valence-electron chi connectivity index (χ3n) is 1.41. The highest BCUT2D eigenvalue weighted by Crippen LogP contribution is 2.01. The second kappa shape index (κ2) is 5.33. The molecule has 0 saturated carbocycles. The van der Waals surface area contributed by atoms with Gasteiger partial charge in [-0.2, -0.15) is 5.26 Å². The molecule has 0 radical (unpaired) electrons. The van der Waals surface area contributed by atoms with E-state index < -0.39 is 5.97 Å².